The van der Waals surface area contributed by atoms with E-state index < -0.39 is 29.3 Å². The second-order valence-electron chi connectivity index (χ2n) is 12.5. The number of halogens is 3. The molecule has 2 saturated heterocycles. The summed E-state index contributed by atoms with van der Waals surface area (Å²) >= 11 is 0. The number of methoxy groups -OCH3 is 1. The molecule has 0 aliphatic carbocycles. The van der Waals surface area contributed by atoms with Crippen LogP contribution in [0.1, 0.15) is 45.5 Å². The number of carbonyl (C=O) groups excluding carboxylic acids is 2. The summed E-state index contributed by atoms with van der Waals surface area (Å²) in [6.07, 6.45) is -4.32. The van der Waals surface area contributed by atoms with Crippen LogP contribution in [0.3, 0.4) is 0 Å². The molecule has 0 N–H and O–H groups in total. The molecule has 0 aromatic heterocycles. The highest BCUT2D eigenvalue weighted by atomic mass is 19.4. The van der Waals surface area contributed by atoms with Gasteiger partial charge in [0.15, 0.2) is 0 Å². The van der Waals surface area contributed by atoms with Crippen molar-refractivity contribution in [3.63, 3.8) is 0 Å². The molecule has 260 valence electrons. The number of benzene rings is 4. The number of hydrogen-bond donors (Lipinski definition) is 0. The minimum Gasteiger partial charge on any atom is -0.497 e. The Morgan fingerprint density at radius 3 is 2.12 bits per heavy atom. The van der Waals surface area contributed by atoms with Crippen molar-refractivity contribution in [2.75, 3.05) is 39.9 Å². The topological polar surface area (TPSA) is 116 Å². The Morgan fingerprint density at radius 2 is 1.53 bits per heavy atom. The summed E-state index contributed by atoms with van der Waals surface area (Å²) in [5.41, 5.74) is 0.535. The van der Waals surface area contributed by atoms with Crippen LogP contribution in [-0.4, -0.2) is 67.3 Å². The molecule has 2 fully saturated rings. The highest BCUT2D eigenvalue weighted by Gasteiger charge is 2.49. The predicted molar refractivity (Wildman–Crippen MR) is 180 cm³/mol. The van der Waals surface area contributed by atoms with Gasteiger partial charge < -0.3 is 19.1 Å². The molecule has 2 heterocycles. The summed E-state index contributed by atoms with van der Waals surface area (Å²) < 4.78 is 60.4. The van der Waals surface area contributed by atoms with Crippen LogP contribution in [0.4, 0.5) is 18.0 Å². The molecular formula is C39H33F3N4O5. The van der Waals surface area contributed by atoms with E-state index in [1.807, 2.05) is 6.07 Å². The van der Waals surface area contributed by atoms with Gasteiger partial charge in [-0.05, 0) is 76.9 Å². The van der Waals surface area contributed by atoms with E-state index in [0.29, 0.717) is 54.9 Å². The van der Waals surface area contributed by atoms with E-state index in [0.717, 1.165) is 11.0 Å². The zero-order valence-corrected chi connectivity index (χ0v) is 27.7. The molecule has 12 heteroatoms. The first-order valence-corrected chi connectivity index (χ1v) is 16.3. The van der Waals surface area contributed by atoms with Gasteiger partial charge in [0.25, 0.3) is 5.91 Å². The van der Waals surface area contributed by atoms with Gasteiger partial charge in [-0.1, -0.05) is 30.3 Å². The molecule has 9 nitrogen and oxygen atoms in total. The van der Waals surface area contributed by atoms with Crippen LogP contribution >= 0.6 is 0 Å². The molecule has 51 heavy (non-hydrogen) atoms. The average Bonchev–Trinajstić information content (AvgIpc) is 3.47. The van der Waals surface area contributed by atoms with Crippen LogP contribution in [0.5, 0.6) is 5.75 Å². The average molecular weight is 695 g/mol. The number of piperidine rings is 1. The summed E-state index contributed by atoms with van der Waals surface area (Å²) in [6, 6.07) is 25.4. The van der Waals surface area contributed by atoms with Gasteiger partial charge in [0.2, 0.25) is 0 Å². The monoisotopic (exact) mass is 694 g/mol. The molecular weight excluding hydrogens is 661 g/mol. The van der Waals surface area contributed by atoms with Crippen LogP contribution < -0.4 is 4.74 Å². The maximum atomic E-state index is 14.5. The van der Waals surface area contributed by atoms with Crippen molar-refractivity contribution in [2.24, 2.45) is 0 Å². The van der Waals surface area contributed by atoms with Gasteiger partial charge in [0.1, 0.15) is 11.4 Å². The van der Waals surface area contributed by atoms with Crippen LogP contribution in [-0.2, 0) is 22.3 Å². The van der Waals surface area contributed by atoms with Crippen LogP contribution in [0.25, 0.3) is 22.3 Å². The lowest BCUT2D eigenvalue weighted by Crippen LogP contribution is -2.48. The molecule has 0 bridgehead atoms. The molecule has 4 aromatic carbocycles. The van der Waals surface area contributed by atoms with Crippen LogP contribution in [0, 0.1) is 22.7 Å². The lowest BCUT2D eigenvalue weighted by atomic mass is 9.86. The fourth-order valence-corrected chi connectivity index (χ4v) is 6.61. The molecule has 0 atom stereocenters. The second-order valence-corrected chi connectivity index (χ2v) is 12.5. The molecule has 6 rings (SSSR count). The fourth-order valence-electron chi connectivity index (χ4n) is 6.61. The molecule has 0 radical (unpaired) electrons. The van der Waals surface area contributed by atoms with Gasteiger partial charge in [0, 0.05) is 43.6 Å². The highest BCUT2D eigenvalue weighted by Crippen LogP contribution is 2.45. The number of amides is 2. The van der Waals surface area contributed by atoms with Gasteiger partial charge in [0.05, 0.1) is 55.7 Å². The smallest absolute Gasteiger partial charge is 0.417 e. The summed E-state index contributed by atoms with van der Waals surface area (Å²) in [7, 11) is 1.53. The third kappa shape index (κ3) is 7.58. The fraction of sp³-hybridized carbons (Fsp3) is 0.282. The number of ether oxygens (including phenoxy) is 3. The Balaban J connectivity index is 1.15. The Hall–Kier alpha value is -5.69. The van der Waals surface area contributed by atoms with Crippen molar-refractivity contribution in [2.45, 2.75) is 31.2 Å². The van der Waals surface area contributed by atoms with Gasteiger partial charge in [-0.3, -0.25) is 4.79 Å². The molecule has 2 aliphatic rings. The predicted octanol–water partition coefficient (Wildman–Crippen LogP) is 7.44. The summed E-state index contributed by atoms with van der Waals surface area (Å²) in [4.78, 5) is 29.1. The number of carbonyl (C=O) groups is 2. The van der Waals surface area contributed by atoms with Crippen molar-refractivity contribution in [3.05, 3.63) is 113 Å². The van der Waals surface area contributed by atoms with E-state index >= 15 is 0 Å². The van der Waals surface area contributed by atoms with Gasteiger partial charge in [-0.15, -0.1) is 0 Å². The minimum absolute atomic E-state index is 0.00693. The molecule has 4 aromatic rings. The van der Waals surface area contributed by atoms with Crippen molar-refractivity contribution in [1.29, 1.82) is 10.5 Å². The van der Waals surface area contributed by atoms with Crippen LogP contribution in [0.2, 0.25) is 0 Å². The lowest BCUT2D eigenvalue weighted by molar-refractivity contribution is -0.137. The standard InChI is InChI=1S/C39H33F3N4O5/c1-49-32-11-8-28(9-12-32)36(47)46-25-38(51-37(46)48)14-16-45(17-15-38)18-19-50-24-31-10-13-33(39(40,41)42)35(30-7-3-5-27(21-30)23-44)34(31)29-6-2-4-26(20-29)22-43/h2-13,20-21H,14-19,24-25H2,1H3. The van der Waals surface area contributed by atoms with Crippen molar-refractivity contribution in [1.82, 2.24) is 9.80 Å². The summed E-state index contributed by atoms with van der Waals surface area (Å²) in [5, 5.41) is 19.0. The third-order valence-corrected chi connectivity index (χ3v) is 9.29. The number of alkyl halides is 3. The maximum Gasteiger partial charge on any atom is 0.417 e. The normalized spacial score (nSPS) is 15.6. The number of nitriles is 2. The molecule has 1 spiro atoms. The van der Waals surface area contributed by atoms with Crippen molar-refractivity contribution < 1.29 is 37.0 Å². The van der Waals surface area contributed by atoms with Crippen molar-refractivity contribution in [3.8, 4) is 40.1 Å². The Morgan fingerprint density at radius 1 is 0.902 bits per heavy atom. The van der Waals surface area contributed by atoms with Crippen molar-refractivity contribution >= 4 is 12.0 Å². The first kappa shape index (κ1) is 35.1. The number of likely N-dealkylation sites (tertiary alicyclic amines) is 1. The zero-order valence-electron chi connectivity index (χ0n) is 27.7. The Labute approximate surface area is 293 Å². The third-order valence-electron chi connectivity index (χ3n) is 9.29. The highest BCUT2D eigenvalue weighted by molar-refractivity contribution is 6.04. The SMILES string of the molecule is COc1ccc(C(=O)N2CC3(CCN(CCOCc4ccc(C(F)(F)F)c(-c5cccc(C#N)c5)c4-c4cccc(C#N)c4)CC3)OC2=O)cc1. The van der Waals surface area contributed by atoms with E-state index in [9.17, 15) is 33.3 Å². The van der Waals surface area contributed by atoms with Gasteiger partial charge >= 0.3 is 12.3 Å². The Bertz CT molecular complexity index is 2030. The number of imide groups is 1. The van der Waals surface area contributed by atoms with Gasteiger partial charge in [-0.25, -0.2) is 9.69 Å². The second kappa shape index (κ2) is 14.7. The first-order valence-electron chi connectivity index (χ1n) is 16.3. The maximum absolute atomic E-state index is 14.5. The van der Waals surface area contributed by atoms with E-state index in [-0.39, 0.29) is 47.6 Å². The van der Waals surface area contributed by atoms with Crippen LogP contribution in [0.15, 0.2) is 84.9 Å². The summed E-state index contributed by atoms with van der Waals surface area (Å²) in [5.74, 6) is 0.166. The van der Waals surface area contributed by atoms with E-state index in [2.05, 4.69) is 11.0 Å². The largest absolute Gasteiger partial charge is 0.497 e. The van der Waals surface area contributed by atoms with Gasteiger partial charge in [-0.2, -0.15) is 23.7 Å². The zero-order chi connectivity index (χ0) is 36.2. The lowest BCUT2D eigenvalue weighted by Gasteiger charge is -2.37. The quantitative estimate of drug-likeness (QED) is 0.166. The molecule has 0 unspecified atom stereocenters. The summed E-state index contributed by atoms with van der Waals surface area (Å²) in [6.45, 7) is 2.12. The Kier molecular flexibility index (Phi) is 10.1. The van der Waals surface area contributed by atoms with E-state index in [4.69, 9.17) is 14.2 Å². The minimum atomic E-state index is -4.70. The molecule has 2 amide bonds. The molecule has 0 saturated carbocycles. The van der Waals surface area contributed by atoms with E-state index in [1.54, 1.807) is 48.5 Å². The number of hydrogen-bond acceptors (Lipinski definition) is 8. The number of rotatable bonds is 9. The molecule has 2 aliphatic heterocycles. The number of nitrogens with zero attached hydrogens (tertiary/aromatic N) is 4. The first-order chi connectivity index (χ1) is 24.5. The van der Waals surface area contributed by atoms with E-state index in [1.165, 1.54) is 37.4 Å².